The second kappa shape index (κ2) is 3.27. The van der Waals surface area contributed by atoms with Gasteiger partial charge in [0.15, 0.2) is 0 Å². The van der Waals surface area contributed by atoms with Crippen LogP contribution < -0.4 is 0 Å². The summed E-state index contributed by atoms with van der Waals surface area (Å²) < 4.78 is 16.6. The monoisotopic (exact) mass is 154 g/mol. The maximum Gasteiger partial charge on any atom is 0.335 e. The quantitative estimate of drug-likeness (QED) is 0.565. The highest BCUT2D eigenvalue weighted by Gasteiger charge is 2.12. The average molecular weight is 154 g/mol. The molecule has 0 aromatic heterocycles. The molecular weight excluding hydrogens is 148 g/mol. The van der Waals surface area contributed by atoms with E-state index in [9.17, 15) is 0 Å². The average Bonchev–Trinajstić information content (AvgIpc) is 2.66. The summed E-state index contributed by atoms with van der Waals surface area (Å²) in [5.74, 6) is 0. The van der Waals surface area contributed by atoms with Crippen molar-refractivity contribution in [2.45, 2.75) is 6.42 Å². The van der Waals surface area contributed by atoms with Gasteiger partial charge in [-0.2, -0.15) is 8.42 Å². The second-order valence-electron chi connectivity index (χ2n) is 2.01. The van der Waals surface area contributed by atoms with Crippen LogP contribution >= 0.6 is 0 Å². The van der Waals surface area contributed by atoms with Crippen molar-refractivity contribution in [3.05, 3.63) is 35.4 Å². The van der Waals surface area contributed by atoms with Crippen LogP contribution in [0, 0.1) is 0 Å². The summed E-state index contributed by atoms with van der Waals surface area (Å²) in [7, 11) is 0. The molecule has 0 saturated heterocycles. The largest absolute Gasteiger partial charge is 0.335 e. The molecule has 0 N–H and O–H groups in total. The third kappa shape index (κ3) is 1.77. The Morgan fingerprint density at radius 1 is 1.10 bits per heavy atom. The standard InChI is InChI=1S/C7H6.O2S/c1-2-4-7-5-6(7)3-1;1-3-2/h1-4H,5H2;. The van der Waals surface area contributed by atoms with Gasteiger partial charge in [-0.15, -0.1) is 0 Å². The smallest absolute Gasteiger partial charge is 0.168 e. The lowest BCUT2D eigenvalue weighted by molar-refractivity contribution is 0.630. The summed E-state index contributed by atoms with van der Waals surface area (Å²) in [6.45, 7) is 0. The predicted octanol–water partition coefficient (Wildman–Crippen LogP) is 0.921. The van der Waals surface area contributed by atoms with E-state index < -0.39 is 11.6 Å². The minimum Gasteiger partial charge on any atom is -0.168 e. The van der Waals surface area contributed by atoms with Crippen molar-refractivity contribution in [2.75, 3.05) is 0 Å². The van der Waals surface area contributed by atoms with Gasteiger partial charge in [0.2, 0.25) is 0 Å². The summed E-state index contributed by atoms with van der Waals surface area (Å²) in [5.41, 5.74) is 3.06. The maximum absolute atomic E-state index is 8.29. The lowest BCUT2D eigenvalue weighted by atomic mass is 10.4. The van der Waals surface area contributed by atoms with Crippen LogP contribution in [-0.4, -0.2) is 8.42 Å². The Bertz CT molecular complexity index is 243. The Kier molecular flexibility index (Phi) is 2.34. The van der Waals surface area contributed by atoms with E-state index in [2.05, 4.69) is 24.3 Å². The molecule has 1 aliphatic rings. The number of rotatable bonds is 0. The minimum absolute atomic E-state index is 0.750. The van der Waals surface area contributed by atoms with E-state index in [1.54, 1.807) is 0 Å². The number of hydrogen-bond donors (Lipinski definition) is 0. The Morgan fingerprint density at radius 3 is 1.80 bits per heavy atom. The summed E-state index contributed by atoms with van der Waals surface area (Å²) in [6.07, 6.45) is 1.24. The van der Waals surface area contributed by atoms with E-state index in [1.165, 1.54) is 17.5 Å². The van der Waals surface area contributed by atoms with Crippen molar-refractivity contribution in [2.24, 2.45) is 0 Å². The molecule has 0 spiro atoms. The predicted molar refractivity (Wildman–Crippen MR) is 38.2 cm³/mol. The summed E-state index contributed by atoms with van der Waals surface area (Å²) in [5, 5.41) is 0. The molecule has 1 aromatic rings. The van der Waals surface area contributed by atoms with Crippen LogP contribution in [0.2, 0.25) is 0 Å². The molecular formula is C7H6O2S. The van der Waals surface area contributed by atoms with E-state index in [-0.39, 0.29) is 0 Å². The first-order valence-corrected chi connectivity index (χ1v) is 3.53. The van der Waals surface area contributed by atoms with E-state index in [4.69, 9.17) is 8.42 Å². The zero-order valence-electron chi connectivity index (χ0n) is 5.24. The first kappa shape index (κ1) is 7.15. The Hall–Kier alpha value is -0.960. The summed E-state index contributed by atoms with van der Waals surface area (Å²) in [4.78, 5) is 0. The zero-order valence-corrected chi connectivity index (χ0v) is 6.06. The molecule has 0 fully saturated rings. The molecule has 2 rings (SSSR count). The van der Waals surface area contributed by atoms with E-state index >= 15 is 0 Å². The van der Waals surface area contributed by atoms with E-state index in [1.807, 2.05) is 0 Å². The van der Waals surface area contributed by atoms with Crippen molar-refractivity contribution in [3.63, 3.8) is 0 Å². The highest BCUT2D eigenvalue weighted by atomic mass is 32.1. The zero-order chi connectivity index (χ0) is 7.40. The van der Waals surface area contributed by atoms with Gasteiger partial charge in [-0.3, -0.25) is 0 Å². The summed E-state index contributed by atoms with van der Waals surface area (Å²) in [6, 6.07) is 8.53. The van der Waals surface area contributed by atoms with Crippen molar-refractivity contribution in [3.8, 4) is 0 Å². The molecule has 0 amide bonds. The van der Waals surface area contributed by atoms with Crippen LogP contribution in [0.5, 0.6) is 0 Å². The van der Waals surface area contributed by atoms with Gasteiger partial charge in [0, 0.05) is 0 Å². The van der Waals surface area contributed by atoms with E-state index in [0.29, 0.717) is 0 Å². The van der Waals surface area contributed by atoms with Crippen LogP contribution in [0.15, 0.2) is 24.3 Å². The molecule has 0 aliphatic heterocycles. The van der Waals surface area contributed by atoms with Crippen molar-refractivity contribution in [1.82, 2.24) is 0 Å². The lowest BCUT2D eigenvalue weighted by Crippen LogP contribution is -1.48. The van der Waals surface area contributed by atoms with Gasteiger partial charge in [0.05, 0.1) is 0 Å². The van der Waals surface area contributed by atoms with Crippen LogP contribution in [0.4, 0.5) is 0 Å². The molecule has 0 unspecified atom stereocenters. The molecule has 3 heteroatoms. The normalized spacial score (nSPS) is 10.4. The molecule has 0 bridgehead atoms. The topological polar surface area (TPSA) is 34.1 Å². The molecule has 0 radical (unpaired) electrons. The van der Waals surface area contributed by atoms with Gasteiger partial charge in [-0.25, -0.2) is 0 Å². The molecule has 2 nitrogen and oxygen atoms in total. The van der Waals surface area contributed by atoms with Gasteiger partial charge < -0.3 is 0 Å². The number of fused-ring (bicyclic) bond motifs is 1. The summed E-state index contributed by atoms with van der Waals surface area (Å²) >= 11 is -0.750. The number of hydrogen-bond acceptors (Lipinski definition) is 2. The van der Waals surface area contributed by atoms with Crippen LogP contribution in [0.25, 0.3) is 0 Å². The highest BCUT2D eigenvalue weighted by molar-refractivity contribution is 7.51. The highest BCUT2D eigenvalue weighted by Crippen LogP contribution is 2.25. The first-order valence-electron chi connectivity index (χ1n) is 2.87. The van der Waals surface area contributed by atoms with Crippen LogP contribution in [0.3, 0.4) is 0 Å². The maximum atomic E-state index is 8.29. The Morgan fingerprint density at radius 2 is 1.50 bits per heavy atom. The fourth-order valence-corrected chi connectivity index (χ4v) is 0.836. The van der Waals surface area contributed by atoms with Crippen molar-refractivity contribution in [1.29, 1.82) is 0 Å². The van der Waals surface area contributed by atoms with Crippen molar-refractivity contribution < 1.29 is 8.42 Å². The molecule has 1 aromatic carbocycles. The fraction of sp³-hybridized carbons (Fsp3) is 0.143. The molecule has 52 valence electrons. The van der Waals surface area contributed by atoms with Gasteiger partial charge in [-0.1, -0.05) is 24.3 Å². The Balaban J connectivity index is 0.000000148. The minimum atomic E-state index is -0.750. The third-order valence-electron chi connectivity index (χ3n) is 1.37. The van der Waals surface area contributed by atoms with Gasteiger partial charge >= 0.3 is 11.6 Å². The first-order chi connectivity index (χ1) is 4.88. The SMILES string of the molecule is O=S=O.c1ccc2c(c1)C2. The third-order valence-corrected chi connectivity index (χ3v) is 1.37. The molecule has 10 heavy (non-hydrogen) atoms. The number of benzene rings is 1. The van der Waals surface area contributed by atoms with Gasteiger partial charge in [0.25, 0.3) is 0 Å². The molecule has 0 heterocycles. The van der Waals surface area contributed by atoms with Crippen LogP contribution in [0.1, 0.15) is 11.1 Å². The van der Waals surface area contributed by atoms with Crippen molar-refractivity contribution >= 4 is 11.6 Å². The molecule has 0 atom stereocenters. The molecule has 0 saturated carbocycles. The fourth-order valence-electron chi connectivity index (χ4n) is 0.836. The van der Waals surface area contributed by atoms with Gasteiger partial charge in [-0.05, 0) is 17.5 Å². The second-order valence-corrected chi connectivity index (χ2v) is 2.15. The molecule has 1 aliphatic carbocycles. The van der Waals surface area contributed by atoms with E-state index in [0.717, 1.165) is 0 Å². The lowest BCUT2D eigenvalue weighted by Gasteiger charge is -1.69. The Labute approximate surface area is 62.5 Å². The van der Waals surface area contributed by atoms with Gasteiger partial charge in [0.1, 0.15) is 0 Å². The van der Waals surface area contributed by atoms with Crippen LogP contribution in [-0.2, 0) is 18.0 Å².